The second kappa shape index (κ2) is 5.98. The number of hydrogen-bond donors (Lipinski definition) is 0. The van der Waals surface area contributed by atoms with Gasteiger partial charge in [0.2, 0.25) is 0 Å². The molecule has 3 nitrogen and oxygen atoms in total. The molecule has 0 aliphatic carbocycles. The summed E-state index contributed by atoms with van der Waals surface area (Å²) in [5.74, 6) is 0.452. The van der Waals surface area contributed by atoms with Crippen molar-refractivity contribution < 1.29 is 13.9 Å². The molecule has 0 heterocycles. The Morgan fingerprint density at radius 3 is 2.79 bits per heavy atom. The first-order chi connectivity index (χ1) is 9.22. The van der Waals surface area contributed by atoms with Crippen molar-refractivity contribution in [3.8, 4) is 17.6 Å². The van der Waals surface area contributed by atoms with Gasteiger partial charge in [0.05, 0.1) is 12.2 Å². The second-order valence-electron chi connectivity index (χ2n) is 3.93. The molecule has 2 aromatic rings. The van der Waals surface area contributed by atoms with E-state index >= 15 is 0 Å². The molecular formula is C15H12FNO2. The molecule has 0 fully saturated rings. The SMILES string of the molecule is COCc1cccc(Oc2ccc(F)cc2C#N)c1. The van der Waals surface area contributed by atoms with E-state index in [-0.39, 0.29) is 5.56 Å². The summed E-state index contributed by atoms with van der Waals surface area (Å²) in [5, 5.41) is 8.94. The Morgan fingerprint density at radius 2 is 2.05 bits per heavy atom. The lowest BCUT2D eigenvalue weighted by Crippen LogP contribution is -1.92. The first-order valence-electron chi connectivity index (χ1n) is 5.68. The van der Waals surface area contributed by atoms with Crippen molar-refractivity contribution in [3.05, 3.63) is 59.4 Å². The predicted molar refractivity (Wildman–Crippen MR) is 68.3 cm³/mol. The average Bonchev–Trinajstić information content (AvgIpc) is 2.41. The Balaban J connectivity index is 2.26. The van der Waals surface area contributed by atoms with E-state index in [4.69, 9.17) is 14.7 Å². The molecule has 0 spiro atoms. The number of benzene rings is 2. The first-order valence-corrected chi connectivity index (χ1v) is 5.68. The van der Waals surface area contributed by atoms with Gasteiger partial charge in [-0.2, -0.15) is 5.26 Å². The average molecular weight is 257 g/mol. The number of hydrogen-bond acceptors (Lipinski definition) is 3. The van der Waals surface area contributed by atoms with E-state index < -0.39 is 5.82 Å². The van der Waals surface area contributed by atoms with Gasteiger partial charge >= 0.3 is 0 Å². The van der Waals surface area contributed by atoms with E-state index in [1.807, 2.05) is 24.3 Å². The van der Waals surface area contributed by atoms with Crippen LogP contribution in [0.1, 0.15) is 11.1 Å². The van der Waals surface area contributed by atoms with Gasteiger partial charge in [0.25, 0.3) is 0 Å². The molecule has 0 N–H and O–H groups in total. The van der Waals surface area contributed by atoms with Crippen LogP contribution in [0.2, 0.25) is 0 Å². The monoisotopic (exact) mass is 257 g/mol. The summed E-state index contributed by atoms with van der Waals surface area (Å²) >= 11 is 0. The zero-order valence-electron chi connectivity index (χ0n) is 10.4. The Labute approximate surface area is 110 Å². The minimum atomic E-state index is -0.461. The molecule has 19 heavy (non-hydrogen) atoms. The van der Waals surface area contributed by atoms with E-state index in [1.54, 1.807) is 13.2 Å². The first kappa shape index (κ1) is 13.1. The van der Waals surface area contributed by atoms with Gasteiger partial charge in [0.1, 0.15) is 23.4 Å². The molecule has 4 heteroatoms. The minimum Gasteiger partial charge on any atom is -0.456 e. The van der Waals surface area contributed by atoms with Crippen LogP contribution in [0.25, 0.3) is 0 Å². The van der Waals surface area contributed by atoms with Gasteiger partial charge in [-0.1, -0.05) is 12.1 Å². The Hall–Kier alpha value is -2.38. The van der Waals surface area contributed by atoms with Crippen molar-refractivity contribution in [1.82, 2.24) is 0 Å². The van der Waals surface area contributed by atoms with E-state index in [9.17, 15) is 4.39 Å². The molecule has 0 unspecified atom stereocenters. The van der Waals surface area contributed by atoms with Gasteiger partial charge < -0.3 is 9.47 Å². The molecule has 0 saturated carbocycles. The number of nitriles is 1. The fourth-order valence-corrected chi connectivity index (χ4v) is 1.67. The lowest BCUT2D eigenvalue weighted by atomic mass is 10.2. The number of methoxy groups -OCH3 is 1. The topological polar surface area (TPSA) is 42.2 Å². The van der Waals surface area contributed by atoms with Crippen LogP contribution in [0.15, 0.2) is 42.5 Å². The number of rotatable bonds is 4. The van der Waals surface area contributed by atoms with Crippen molar-refractivity contribution >= 4 is 0 Å². The summed E-state index contributed by atoms with van der Waals surface area (Å²) in [6, 6.07) is 13.1. The standard InChI is InChI=1S/C15H12FNO2/c1-18-10-11-3-2-4-14(7-11)19-15-6-5-13(16)8-12(15)9-17/h2-8H,10H2,1H3. The van der Waals surface area contributed by atoms with Crippen LogP contribution in [0.5, 0.6) is 11.5 Å². The Morgan fingerprint density at radius 1 is 1.21 bits per heavy atom. The lowest BCUT2D eigenvalue weighted by Gasteiger charge is -2.08. The smallest absolute Gasteiger partial charge is 0.145 e. The predicted octanol–water partition coefficient (Wildman–Crippen LogP) is 3.64. The molecule has 0 radical (unpaired) electrons. The quantitative estimate of drug-likeness (QED) is 0.839. The van der Waals surface area contributed by atoms with Gasteiger partial charge in [-0.25, -0.2) is 4.39 Å². The van der Waals surface area contributed by atoms with Gasteiger partial charge in [-0.05, 0) is 35.9 Å². The summed E-state index contributed by atoms with van der Waals surface area (Å²) in [6.45, 7) is 0.478. The molecule has 0 atom stereocenters. The van der Waals surface area contributed by atoms with E-state index in [0.29, 0.717) is 18.1 Å². The minimum absolute atomic E-state index is 0.164. The molecule has 0 aromatic heterocycles. The third kappa shape index (κ3) is 3.30. The Bertz CT molecular complexity index is 620. The van der Waals surface area contributed by atoms with Crippen molar-refractivity contribution in [2.75, 3.05) is 7.11 Å². The fraction of sp³-hybridized carbons (Fsp3) is 0.133. The molecule has 2 aromatic carbocycles. The number of ether oxygens (including phenoxy) is 2. The van der Waals surface area contributed by atoms with Crippen LogP contribution in [0, 0.1) is 17.1 Å². The number of nitrogens with zero attached hydrogens (tertiary/aromatic N) is 1. The van der Waals surface area contributed by atoms with Crippen LogP contribution < -0.4 is 4.74 Å². The highest BCUT2D eigenvalue weighted by Crippen LogP contribution is 2.26. The summed E-state index contributed by atoms with van der Waals surface area (Å²) < 4.78 is 23.6. The van der Waals surface area contributed by atoms with Crippen LogP contribution >= 0.6 is 0 Å². The highest BCUT2D eigenvalue weighted by Gasteiger charge is 2.06. The van der Waals surface area contributed by atoms with E-state index in [0.717, 1.165) is 11.6 Å². The van der Waals surface area contributed by atoms with Gasteiger partial charge in [0, 0.05) is 7.11 Å². The zero-order chi connectivity index (χ0) is 13.7. The van der Waals surface area contributed by atoms with Crippen LogP contribution in [0.4, 0.5) is 4.39 Å². The lowest BCUT2D eigenvalue weighted by molar-refractivity contribution is 0.184. The second-order valence-corrected chi connectivity index (χ2v) is 3.93. The summed E-state index contributed by atoms with van der Waals surface area (Å²) in [6.07, 6.45) is 0. The Kier molecular flexibility index (Phi) is 4.11. The highest BCUT2D eigenvalue weighted by atomic mass is 19.1. The number of halogens is 1. The molecule has 0 saturated heterocycles. The van der Waals surface area contributed by atoms with E-state index in [1.165, 1.54) is 12.1 Å². The van der Waals surface area contributed by atoms with Gasteiger partial charge in [0.15, 0.2) is 0 Å². The molecular weight excluding hydrogens is 245 g/mol. The van der Waals surface area contributed by atoms with Crippen LogP contribution in [0.3, 0.4) is 0 Å². The maximum absolute atomic E-state index is 13.0. The molecule has 0 aliphatic heterocycles. The highest BCUT2D eigenvalue weighted by molar-refractivity contribution is 5.45. The third-order valence-electron chi connectivity index (χ3n) is 2.50. The maximum atomic E-state index is 13.0. The molecule has 0 amide bonds. The molecule has 0 bridgehead atoms. The van der Waals surface area contributed by atoms with E-state index in [2.05, 4.69) is 0 Å². The van der Waals surface area contributed by atoms with Crippen molar-refractivity contribution in [3.63, 3.8) is 0 Å². The summed E-state index contributed by atoms with van der Waals surface area (Å²) in [4.78, 5) is 0. The third-order valence-corrected chi connectivity index (χ3v) is 2.50. The molecule has 0 aliphatic rings. The normalized spacial score (nSPS) is 9.95. The molecule has 2 rings (SSSR count). The van der Waals surface area contributed by atoms with Crippen molar-refractivity contribution in [2.24, 2.45) is 0 Å². The fourth-order valence-electron chi connectivity index (χ4n) is 1.67. The van der Waals surface area contributed by atoms with Crippen LogP contribution in [-0.4, -0.2) is 7.11 Å². The van der Waals surface area contributed by atoms with Crippen molar-refractivity contribution in [2.45, 2.75) is 6.61 Å². The summed E-state index contributed by atoms with van der Waals surface area (Å²) in [5.41, 5.74) is 1.12. The van der Waals surface area contributed by atoms with Gasteiger partial charge in [-0.15, -0.1) is 0 Å². The summed E-state index contributed by atoms with van der Waals surface area (Å²) in [7, 11) is 1.61. The zero-order valence-corrected chi connectivity index (χ0v) is 10.4. The largest absolute Gasteiger partial charge is 0.456 e. The van der Waals surface area contributed by atoms with Crippen molar-refractivity contribution in [1.29, 1.82) is 5.26 Å². The molecule has 96 valence electrons. The van der Waals surface area contributed by atoms with Gasteiger partial charge in [-0.3, -0.25) is 0 Å². The van der Waals surface area contributed by atoms with Crippen LogP contribution in [-0.2, 0) is 11.3 Å². The maximum Gasteiger partial charge on any atom is 0.145 e.